The molecule has 1 aromatic heterocycles. The third kappa shape index (κ3) is 2.72. The SMILES string of the molecule is CC(C)CC(=O)c1cc(Br)cs1. The summed E-state index contributed by atoms with van der Waals surface area (Å²) >= 11 is 4.83. The lowest BCUT2D eigenvalue weighted by atomic mass is 10.1. The second kappa shape index (κ2) is 4.19. The zero-order chi connectivity index (χ0) is 9.14. The van der Waals surface area contributed by atoms with Gasteiger partial charge in [-0.05, 0) is 27.9 Å². The lowest BCUT2D eigenvalue weighted by molar-refractivity contribution is 0.0972. The first-order chi connectivity index (χ1) is 5.59. The molecule has 66 valence electrons. The van der Waals surface area contributed by atoms with Crippen LogP contribution in [0.2, 0.25) is 0 Å². The molecule has 0 aliphatic carbocycles. The second-order valence-corrected chi connectivity index (χ2v) is 4.98. The molecule has 0 spiro atoms. The van der Waals surface area contributed by atoms with Crippen LogP contribution < -0.4 is 0 Å². The molecule has 1 aromatic rings. The first-order valence-electron chi connectivity index (χ1n) is 3.87. The zero-order valence-electron chi connectivity index (χ0n) is 7.13. The lowest BCUT2D eigenvalue weighted by Crippen LogP contribution is -2.00. The van der Waals surface area contributed by atoms with Gasteiger partial charge in [-0.3, -0.25) is 4.79 Å². The van der Waals surface area contributed by atoms with E-state index < -0.39 is 0 Å². The first kappa shape index (κ1) is 9.93. The predicted octanol–water partition coefficient (Wildman–Crippen LogP) is 3.74. The van der Waals surface area contributed by atoms with Crippen molar-refractivity contribution in [3.05, 3.63) is 20.8 Å². The van der Waals surface area contributed by atoms with Crippen molar-refractivity contribution in [1.29, 1.82) is 0 Å². The van der Waals surface area contributed by atoms with E-state index in [9.17, 15) is 4.79 Å². The van der Waals surface area contributed by atoms with E-state index in [-0.39, 0.29) is 5.78 Å². The van der Waals surface area contributed by atoms with Gasteiger partial charge in [0.25, 0.3) is 0 Å². The maximum atomic E-state index is 11.5. The van der Waals surface area contributed by atoms with Gasteiger partial charge in [-0.15, -0.1) is 11.3 Å². The van der Waals surface area contributed by atoms with Crippen molar-refractivity contribution in [1.82, 2.24) is 0 Å². The molecule has 0 atom stereocenters. The van der Waals surface area contributed by atoms with Crippen LogP contribution in [0.15, 0.2) is 15.9 Å². The number of Topliss-reactive ketones (excluding diaryl/α,β-unsaturated/α-hetero) is 1. The van der Waals surface area contributed by atoms with Crippen molar-refractivity contribution < 1.29 is 4.79 Å². The molecule has 0 aromatic carbocycles. The van der Waals surface area contributed by atoms with Gasteiger partial charge in [-0.1, -0.05) is 13.8 Å². The molecular formula is C9H11BrOS. The Balaban J connectivity index is 2.65. The highest BCUT2D eigenvalue weighted by atomic mass is 79.9. The summed E-state index contributed by atoms with van der Waals surface area (Å²) in [6.07, 6.45) is 0.646. The fraction of sp³-hybridized carbons (Fsp3) is 0.444. The summed E-state index contributed by atoms with van der Waals surface area (Å²) in [7, 11) is 0. The molecule has 0 amide bonds. The van der Waals surface area contributed by atoms with E-state index in [0.29, 0.717) is 12.3 Å². The van der Waals surface area contributed by atoms with Gasteiger partial charge in [0, 0.05) is 16.3 Å². The summed E-state index contributed by atoms with van der Waals surface area (Å²) in [5, 5.41) is 1.94. The summed E-state index contributed by atoms with van der Waals surface area (Å²) in [6.45, 7) is 4.11. The quantitative estimate of drug-likeness (QED) is 0.743. The smallest absolute Gasteiger partial charge is 0.173 e. The molecule has 0 aliphatic rings. The Bertz CT molecular complexity index is 278. The molecule has 0 bridgehead atoms. The van der Waals surface area contributed by atoms with Crippen LogP contribution in [0, 0.1) is 5.92 Å². The molecule has 0 saturated carbocycles. The van der Waals surface area contributed by atoms with Gasteiger partial charge in [-0.2, -0.15) is 0 Å². The molecule has 3 heteroatoms. The van der Waals surface area contributed by atoms with Crippen LogP contribution in [-0.4, -0.2) is 5.78 Å². The summed E-state index contributed by atoms with van der Waals surface area (Å²) in [5.41, 5.74) is 0. The first-order valence-corrected chi connectivity index (χ1v) is 5.54. The Kier molecular flexibility index (Phi) is 3.47. The van der Waals surface area contributed by atoms with Crippen molar-refractivity contribution in [2.75, 3.05) is 0 Å². The molecule has 12 heavy (non-hydrogen) atoms. The molecule has 1 heterocycles. The van der Waals surface area contributed by atoms with Crippen molar-refractivity contribution in [2.45, 2.75) is 20.3 Å². The van der Waals surface area contributed by atoms with Crippen LogP contribution in [0.5, 0.6) is 0 Å². The molecule has 0 aliphatic heterocycles. The minimum Gasteiger partial charge on any atom is -0.293 e. The van der Waals surface area contributed by atoms with Gasteiger partial charge < -0.3 is 0 Å². The minimum absolute atomic E-state index is 0.251. The molecule has 0 fully saturated rings. The Morgan fingerprint density at radius 3 is 2.75 bits per heavy atom. The number of carbonyl (C=O) groups is 1. The summed E-state index contributed by atoms with van der Waals surface area (Å²) in [5.74, 6) is 0.694. The van der Waals surface area contributed by atoms with Crippen molar-refractivity contribution in [2.24, 2.45) is 5.92 Å². The van der Waals surface area contributed by atoms with E-state index >= 15 is 0 Å². The number of halogens is 1. The molecule has 0 saturated heterocycles. The highest BCUT2D eigenvalue weighted by molar-refractivity contribution is 9.10. The predicted molar refractivity (Wildman–Crippen MR) is 55.8 cm³/mol. The van der Waals surface area contributed by atoms with Gasteiger partial charge in [-0.25, -0.2) is 0 Å². The van der Waals surface area contributed by atoms with E-state index in [1.807, 2.05) is 11.4 Å². The zero-order valence-corrected chi connectivity index (χ0v) is 9.54. The standard InChI is InChI=1S/C9H11BrOS/c1-6(2)3-8(11)9-4-7(10)5-12-9/h4-6H,3H2,1-2H3. The third-order valence-electron chi connectivity index (χ3n) is 1.44. The fourth-order valence-electron chi connectivity index (χ4n) is 0.931. The Labute approximate surface area is 84.9 Å². The highest BCUT2D eigenvalue weighted by Crippen LogP contribution is 2.22. The maximum absolute atomic E-state index is 11.5. The van der Waals surface area contributed by atoms with Crippen molar-refractivity contribution >= 4 is 33.0 Å². The molecular weight excluding hydrogens is 236 g/mol. The molecule has 0 radical (unpaired) electrons. The van der Waals surface area contributed by atoms with Crippen LogP contribution in [0.3, 0.4) is 0 Å². The van der Waals surface area contributed by atoms with Gasteiger partial charge in [0.1, 0.15) is 0 Å². The summed E-state index contributed by atoms with van der Waals surface area (Å²) in [4.78, 5) is 12.3. The normalized spacial score (nSPS) is 10.7. The van der Waals surface area contributed by atoms with Crippen LogP contribution in [-0.2, 0) is 0 Å². The van der Waals surface area contributed by atoms with Crippen LogP contribution in [0.25, 0.3) is 0 Å². The maximum Gasteiger partial charge on any atom is 0.173 e. The number of ketones is 1. The average molecular weight is 247 g/mol. The van der Waals surface area contributed by atoms with E-state index in [0.717, 1.165) is 9.35 Å². The topological polar surface area (TPSA) is 17.1 Å². The summed E-state index contributed by atoms with van der Waals surface area (Å²) in [6, 6.07) is 1.88. The van der Waals surface area contributed by atoms with Crippen molar-refractivity contribution in [3.63, 3.8) is 0 Å². The lowest BCUT2D eigenvalue weighted by Gasteiger charge is -1.99. The highest BCUT2D eigenvalue weighted by Gasteiger charge is 2.09. The van der Waals surface area contributed by atoms with Gasteiger partial charge in [0.05, 0.1) is 4.88 Å². The van der Waals surface area contributed by atoms with Gasteiger partial charge in [0.15, 0.2) is 5.78 Å². The molecule has 0 unspecified atom stereocenters. The third-order valence-corrected chi connectivity index (χ3v) is 3.17. The average Bonchev–Trinajstić information content (AvgIpc) is 2.34. The molecule has 0 N–H and O–H groups in total. The fourth-order valence-corrected chi connectivity index (χ4v) is 2.31. The number of rotatable bonds is 3. The Hall–Kier alpha value is -0.150. The van der Waals surface area contributed by atoms with Gasteiger partial charge in [0.2, 0.25) is 0 Å². The van der Waals surface area contributed by atoms with E-state index in [1.54, 1.807) is 0 Å². The number of hydrogen-bond acceptors (Lipinski definition) is 2. The van der Waals surface area contributed by atoms with Crippen LogP contribution in [0.1, 0.15) is 29.9 Å². The Morgan fingerprint density at radius 1 is 1.67 bits per heavy atom. The molecule has 1 nitrogen and oxygen atoms in total. The Morgan fingerprint density at radius 2 is 2.33 bits per heavy atom. The van der Waals surface area contributed by atoms with Gasteiger partial charge >= 0.3 is 0 Å². The summed E-state index contributed by atoms with van der Waals surface area (Å²) < 4.78 is 1.000. The van der Waals surface area contributed by atoms with Crippen LogP contribution in [0.4, 0.5) is 0 Å². The number of thiophene rings is 1. The van der Waals surface area contributed by atoms with Crippen LogP contribution >= 0.6 is 27.3 Å². The minimum atomic E-state index is 0.251. The largest absolute Gasteiger partial charge is 0.293 e. The number of carbonyl (C=O) groups excluding carboxylic acids is 1. The van der Waals surface area contributed by atoms with E-state index in [2.05, 4.69) is 29.8 Å². The monoisotopic (exact) mass is 246 g/mol. The number of hydrogen-bond donors (Lipinski definition) is 0. The van der Waals surface area contributed by atoms with E-state index in [1.165, 1.54) is 11.3 Å². The second-order valence-electron chi connectivity index (χ2n) is 3.15. The van der Waals surface area contributed by atoms with E-state index in [4.69, 9.17) is 0 Å². The molecule has 1 rings (SSSR count). The van der Waals surface area contributed by atoms with Crippen molar-refractivity contribution in [3.8, 4) is 0 Å².